The summed E-state index contributed by atoms with van der Waals surface area (Å²) in [5.41, 5.74) is 1.39. The molecule has 132 valence electrons. The molecule has 4 rings (SSSR count). The summed E-state index contributed by atoms with van der Waals surface area (Å²) in [4.78, 5) is 12.1. The molecule has 0 radical (unpaired) electrons. The maximum Gasteiger partial charge on any atom is 0.251 e. The molecular formula is C16H22ClN3O3S. The number of hydrogen-bond acceptors (Lipinski definition) is 4. The number of carbonyl (C=O) groups is 1. The highest BCUT2D eigenvalue weighted by molar-refractivity contribution is 7.89. The van der Waals surface area contributed by atoms with Crippen LogP contribution in [0.15, 0.2) is 23.1 Å². The lowest BCUT2D eigenvalue weighted by atomic mass is 10.0. The van der Waals surface area contributed by atoms with E-state index >= 15 is 0 Å². The van der Waals surface area contributed by atoms with Crippen molar-refractivity contribution in [3.63, 3.8) is 0 Å². The predicted octanol–water partition coefficient (Wildman–Crippen LogP) is 0.956. The Morgan fingerprint density at radius 2 is 1.83 bits per heavy atom. The van der Waals surface area contributed by atoms with Gasteiger partial charge >= 0.3 is 0 Å². The van der Waals surface area contributed by atoms with Crippen molar-refractivity contribution in [3.05, 3.63) is 29.3 Å². The number of amides is 1. The van der Waals surface area contributed by atoms with Gasteiger partial charge in [0, 0.05) is 30.2 Å². The first-order valence-electron chi connectivity index (χ1n) is 8.21. The van der Waals surface area contributed by atoms with E-state index in [0.29, 0.717) is 24.2 Å². The number of piperidine rings is 1. The zero-order valence-electron chi connectivity index (χ0n) is 13.2. The maximum absolute atomic E-state index is 12.7. The lowest BCUT2D eigenvalue weighted by molar-refractivity contribution is 0.0945. The van der Waals surface area contributed by atoms with Gasteiger partial charge in [-0.2, -0.15) is 0 Å². The van der Waals surface area contributed by atoms with Gasteiger partial charge in [0.15, 0.2) is 0 Å². The molecule has 2 atom stereocenters. The van der Waals surface area contributed by atoms with E-state index < -0.39 is 10.0 Å². The Morgan fingerprint density at radius 1 is 1.12 bits per heavy atom. The minimum atomic E-state index is -3.59. The third-order valence-electron chi connectivity index (χ3n) is 5.11. The van der Waals surface area contributed by atoms with Crippen LogP contribution in [0.4, 0.5) is 0 Å². The van der Waals surface area contributed by atoms with Gasteiger partial charge in [0.05, 0.1) is 4.90 Å². The minimum absolute atomic E-state index is 0. The molecule has 1 amide bonds. The quantitative estimate of drug-likeness (QED) is 0.738. The van der Waals surface area contributed by atoms with Gasteiger partial charge in [0.25, 0.3) is 5.91 Å². The molecule has 2 saturated heterocycles. The Morgan fingerprint density at radius 3 is 2.54 bits per heavy atom. The molecule has 3 aliphatic heterocycles. The standard InChI is InChI=1S/C16H21N3O3S.ClH/c20-16-15-9-14(4-1-10(15)5-6-17-16)23(21,22)19-13-7-11-2-3-12(8-13)18-11;/h1,4,9,11-13,18-19H,2-3,5-8H2,(H,17,20);1H. The van der Waals surface area contributed by atoms with E-state index in [1.165, 1.54) is 6.07 Å². The highest BCUT2D eigenvalue weighted by Crippen LogP contribution is 2.28. The second-order valence-electron chi connectivity index (χ2n) is 6.75. The number of nitrogens with one attached hydrogen (secondary N) is 3. The van der Waals surface area contributed by atoms with Crippen LogP contribution in [0.5, 0.6) is 0 Å². The number of sulfonamides is 1. The van der Waals surface area contributed by atoms with Crippen molar-refractivity contribution in [2.45, 2.75) is 55.1 Å². The van der Waals surface area contributed by atoms with E-state index in [9.17, 15) is 13.2 Å². The van der Waals surface area contributed by atoms with E-state index in [0.717, 1.165) is 37.7 Å². The third-order valence-corrected chi connectivity index (χ3v) is 6.63. The van der Waals surface area contributed by atoms with Crippen molar-refractivity contribution in [1.82, 2.24) is 15.4 Å². The number of hydrogen-bond donors (Lipinski definition) is 3. The monoisotopic (exact) mass is 371 g/mol. The Hall–Kier alpha value is -1.15. The van der Waals surface area contributed by atoms with Crippen LogP contribution in [0.1, 0.15) is 41.6 Å². The summed E-state index contributed by atoms with van der Waals surface area (Å²) in [5, 5.41) is 6.26. The second kappa shape index (κ2) is 6.63. The van der Waals surface area contributed by atoms with Gasteiger partial charge in [-0.1, -0.05) is 6.07 Å². The van der Waals surface area contributed by atoms with Crippen molar-refractivity contribution in [2.24, 2.45) is 0 Å². The van der Waals surface area contributed by atoms with E-state index in [2.05, 4.69) is 15.4 Å². The Labute approximate surface area is 148 Å². The molecule has 2 unspecified atom stereocenters. The SMILES string of the molecule is Cl.O=C1NCCc2ccc(S(=O)(=O)NC3CC4CCC(C3)N4)cc21. The molecule has 1 aromatic carbocycles. The molecule has 8 heteroatoms. The smallest absolute Gasteiger partial charge is 0.251 e. The van der Waals surface area contributed by atoms with Gasteiger partial charge in [-0.15, -0.1) is 12.4 Å². The number of benzene rings is 1. The fourth-order valence-electron chi connectivity index (χ4n) is 4.00. The first kappa shape index (κ1) is 17.7. The maximum atomic E-state index is 12.7. The first-order chi connectivity index (χ1) is 11.0. The van der Waals surface area contributed by atoms with Crippen molar-refractivity contribution < 1.29 is 13.2 Å². The summed E-state index contributed by atoms with van der Waals surface area (Å²) in [6.07, 6.45) is 4.67. The Bertz CT molecular complexity index is 741. The fraction of sp³-hybridized carbons (Fsp3) is 0.562. The summed E-state index contributed by atoms with van der Waals surface area (Å²) in [6.45, 7) is 0.605. The van der Waals surface area contributed by atoms with Gasteiger partial charge in [0.2, 0.25) is 10.0 Å². The molecule has 3 aliphatic rings. The molecule has 2 bridgehead atoms. The van der Waals surface area contributed by atoms with Gasteiger partial charge < -0.3 is 10.6 Å². The lowest BCUT2D eigenvalue weighted by Crippen LogP contribution is -2.47. The number of halogens is 1. The third kappa shape index (κ3) is 3.31. The molecule has 3 N–H and O–H groups in total. The van der Waals surface area contributed by atoms with Gasteiger partial charge in [-0.25, -0.2) is 13.1 Å². The summed E-state index contributed by atoms with van der Waals surface area (Å²) < 4.78 is 28.2. The highest BCUT2D eigenvalue weighted by Gasteiger charge is 2.35. The van der Waals surface area contributed by atoms with Crippen molar-refractivity contribution in [3.8, 4) is 0 Å². The average molecular weight is 372 g/mol. The molecule has 24 heavy (non-hydrogen) atoms. The number of carbonyl (C=O) groups excluding carboxylic acids is 1. The molecule has 0 aliphatic carbocycles. The van der Waals surface area contributed by atoms with Crippen LogP contribution in [-0.4, -0.2) is 39.0 Å². The topological polar surface area (TPSA) is 87.3 Å². The largest absolute Gasteiger partial charge is 0.352 e. The van der Waals surface area contributed by atoms with Crippen LogP contribution in [-0.2, 0) is 16.4 Å². The van der Waals surface area contributed by atoms with Crippen LogP contribution in [0.25, 0.3) is 0 Å². The van der Waals surface area contributed by atoms with E-state index in [-0.39, 0.29) is 29.3 Å². The lowest BCUT2D eigenvalue weighted by Gasteiger charge is -2.29. The van der Waals surface area contributed by atoms with Crippen LogP contribution >= 0.6 is 12.4 Å². The number of fused-ring (bicyclic) bond motifs is 3. The molecule has 0 spiro atoms. The Balaban J connectivity index is 0.00000169. The van der Waals surface area contributed by atoms with Crippen molar-refractivity contribution >= 4 is 28.3 Å². The van der Waals surface area contributed by atoms with Crippen molar-refractivity contribution in [1.29, 1.82) is 0 Å². The molecule has 2 fully saturated rings. The fourth-order valence-corrected chi connectivity index (χ4v) is 5.29. The molecule has 0 aromatic heterocycles. The zero-order valence-corrected chi connectivity index (χ0v) is 14.9. The first-order valence-corrected chi connectivity index (χ1v) is 9.69. The number of rotatable bonds is 3. The molecule has 3 heterocycles. The molecule has 1 aromatic rings. The van der Waals surface area contributed by atoms with Crippen LogP contribution in [0.2, 0.25) is 0 Å². The van der Waals surface area contributed by atoms with Gasteiger partial charge in [0.1, 0.15) is 0 Å². The van der Waals surface area contributed by atoms with Crippen molar-refractivity contribution in [2.75, 3.05) is 6.54 Å². The summed E-state index contributed by atoms with van der Waals surface area (Å²) in [6, 6.07) is 5.70. The average Bonchev–Trinajstić information content (AvgIpc) is 2.86. The second-order valence-corrected chi connectivity index (χ2v) is 8.47. The normalized spacial score (nSPS) is 28.7. The predicted molar refractivity (Wildman–Crippen MR) is 93.0 cm³/mol. The van der Waals surface area contributed by atoms with E-state index in [4.69, 9.17) is 0 Å². The Kier molecular flexibility index (Phi) is 4.88. The molecule has 6 nitrogen and oxygen atoms in total. The zero-order chi connectivity index (χ0) is 16.0. The minimum Gasteiger partial charge on any atom is -0.352 e. The highest BCUT2D eigenvalue weighted by atomic mass is 35.5. The van der Waals surface area contributed by atoms with Gasteiger partial charge in [-0.05, 0) is 49.8 Å². The van der Waals surface area contributed by atoms with Crippen LogP contribution in [0, 0.1) is 0 Å². The molecular weight excluding hydrogens is 350 g/mol. The van der Waals surface area contributed by atoms with Crippen LogP contribution in [0.3, 0.4) is 0 Å². The summed E-state index contributed by atoms with van der Waals surface area (Å²) in [5.74, 6) is -0.191. The van der Waals surface area contributed by atoms with Crippen LogP contribution < -0.4 is 15.4 Å². The van der Waals surface area contributed by atoms with Gasteiger partial charge in [-0.3, -0.25) is 4.79 Å². The summed E-state index contributed by atoms with van der Waals surface area (Å²) in [7, 11) is -3.59. The van der Waals surface area contributed by atoms with E-state index in [1.807, 2.05) is 0 Å². The van der Waals surface area contributed by atoms with E-state index in [1.54, 1.807) is 12.1 Å². The summed E-state index contributed by atoms with van der Waals surface area (Å²) >= 11 is 0. The molecule has 0 saturated carbocycles.